The third-order valence-electron chi connectivity index (χ3n) is 6.79. The number of piperidine rings is 1. The van der Waals surface area contributed by atoms with Crippen LogP contribution in [0.15, 0.2) is 48.0 Å². The van der Waals surface area contributed by atoms with Crippen LogP contribution in [0.3, 0.4) is 0 Å². The fraction of sp³-hybridized carbons (Fsp3) is 0.462. The number of ether oxygens (including phenoxy) is 1. The number of pyridine rings is 1. The Hall–Kier alpha value is -2.48. The third kappa shape index (κ3) is 5.91. The molecule has 2 N–H and O–H groups in total. The number of methoxy groups -OCH3 is 1. The van der Waals surface area contributed by atoms with Crippen molar-refractivity contribution in [3.8, 4) is 5.75 Å². The summed E-state index contributed by atoms with van der Waals surface area (Å²) in [5.74, 6) is -0.312. The van der Waals surface area contributed by atoms with Crippen LogP contribution in [0.1, 0.15) is 42.2 Å². The average Bonchev–Trinajstić information content (AvgIpc) is 3.35. The summed E-state index contributed by atoms with van der Waals surface area (Å²) in [6.45, 7) is 2.45. The van der Waals surface area contributed by atoms with E-state index in [1.54, 1.807) is 24.6 Å². The SMILES string of the molecule is COc1ccc2nccc(C(O)CC[C@@H]3CCN(CCCc4cccs4)C[C@@H]3C(=O)O)c2c1. The van der Waals surface area contributed by atoms with Crippen LogP contribution in [-0.4, -0.2) is 52.8 Å². The number of aromatic nitrogens is 1. The van der Waals surface area contributed by atoms with Gasteiger partial charge in [-0.1, -0.05) is 6.07 Å². The lowest BCUT2D eigenvalue weighted by Crippen LogP contribution is -2.44. The summed E-state index contributed by atoms with van der Waals surface area (Å²) in [5.41, 5.74) is 1.63. The first-order valence-electron chi connectivity index (χ1n) is 11.6. The average molecular weight is 469 g/mol. The summed E-state index contributed by atoms with van der Waals surface area (Å²) >= 11 is 1.78. The number of aliphatic hydroxyl groups is 1. The molecule has 0 spiro atoms. The van der Waals surface area contributed by atoms with E-state index in [1.807, 2.05) is 24.3 Å². The van der Waals surface area contributed by atoms with Crippen molar-refractivity contribution in [2.75, 3.05) is 26.7 Å². The van der Waals surface area contributed by atoms with E-state index in [0.717, 1.165) is 54.6 Å². The first kappa shape index (κ1) is 23.7. The lowest BCUT2D eigenvalue weighted by Gasteiger charge is -2.37. The summed E-state index contributed by atoms with van der Waals surface area (Å²) in [4.78, 5) is 20.1. The monoisotopic (exact) mass is 468 g/mol. The van der Waals surface area contributed by atoms with Crippen LogP contribution in [0.5, 0.6) is 5.75 Å². The first-order valence-corrected chi connectivity index (χ1v) is 12.5. The molecule has 176 valence electrons. The van der Waals surface area contributed by atoms with E-state index >= 15 is 0 Å². The number of aryl methyl sites for hydroxylation is 1. The van der Waals surface area contributed by atoms with Crippen molar-refractivity contribution in [2.45, 2.75) is 38.2 Å². The molecule has 1 unspecified atom stereocenters. The van der Waals surface area contributed by atoms with E-state index in [1.165, 1.54) is 4.88 Å². The van der Waals surface area contributed by atoms with Crippen LogP contribution >= 0.6 is 11.3 Å². The molecule has 0 radical (unpaired) electrons. The van der Waals surface area contributed by atoms with Gasteiger partial charge in [0.15, 0.2) is 0 Å². The minimum absolute atomic E-state index is 0.0772. The molecule has 33 heavy (non-hydrogen) atoms. The topological polar surface area (TPSA) is 82.9 Å². The number of carboxylic acid groups (broad SMARTS) is 1. The number of aliphatic hydroxyl groups excluding tert-OH is 1. The summed E-state index contributed by atoms with van der Waals surface area (Å²) in [6, 6.07) is 11.7. The number of aliphatic carboxylic acids is 1. The number of benzene rings is 1. The van der Waals surface area contributed by atoms with Crippen LogP contribution < -0.4 is 4.74 Å². The smallest absolute Gasteiger partial charge is 0.308 e. The predicted octanol–water partition coefficient (Wildman–Crippen LogP) is 4.77. The molecule has 1 saturated heterocycles. The minimum atomic E-state index is -0.725. The van der Waals surface area contributed by atoms with Crippen molar-refractivity contribution in [3.05, 3.63) is 58.4 Å². The fourth-order valence-electron chi connectivity index (χ4n) is 4.92. The van der Waals surface area contributed by atoms with Gasteiger partial charge >= 0.3 is 5.97 Å². The van der Waals surface area contributed by atoms with Crippen LogP contribution in [0.4, 0.5) is 0 Å². The van der Waals surface area contributed by atoms with Crippen molar-refractivity contribution < 1.29 is 19.7 Å². The number of nitrogens with zero attached hydrogens (tertiary/aromatic N) is 2. The van der Waals surface area contributed by atoms with Gasteiger partial charge in [-0.25, -0.2) is 0 Å². The standard InChI is InChI=1S/C26H32N2O4S/c1-32-19-7-8-24-22(16-19)21(10-12-27-24)25(29)9-6-18-11-14-28(17-23(18)26(30)31)13-2-4-20-5-3-15-33-20/h3,5,7-8,10,12,15-16,18,23,25,29H,2,4,6,9,11,13-14,17H2,1H3,(H,30,31)/t18-,23+,25?/m1/s1. The molecule has 2 aromatic heterocycles. The van der Waals surface area contributed by atoms with Gasteiger partial charge in [-0.2, -0.15) is 0 Å². The Kier molecular flexibility index (Phi) is 7.96. The van der Waals surface area contributed by atoms with Crippen molar-refractivity contribution >= 4 is 28.2 Å². The van der Waals surface area contributed by atoms with Crippen LogP contribution in [-0.2, 0) is 11.2 Å². The second-order valence-corrected chi connectivity index (χ2v) is 9.89. The zero-order valence-electron chi connectivity index (χ0n) is 19.0. The Morgan fingerprint density at radius 3 is 2.97 bits per heavy atom. The zero-order valence-corrected chi connectivity index (χ0v) is 19.8. The first-order chi connectivity index (χ1) is 16.0. The zero-order chi connectivity index (χ0) is 23.2. The van der Waals surface area contributed by atoms with E-state index in [2.05, 4.69) is 27.4 Å². The number of carbonyl (C=O) groups is 1. The molecule has 0 bridgehead atoms. The van der Waals surface area contributed by atoms with Crippen LogP contribution in [0, 0.1) is 11.8 Å². The summed E-state index contributed by atoms with van der Waals surface area (Å²) in [7, 11) is 1.62. The van der Waals surface area contributed by atoms with E-state index in [0.29, 0.717) is 19.4 Å². The highest BCUT2D eigenvalue weighted by atomic mass is 32.1. The normalized spacial score (nSPS) is 20.1. The maximum absolute atomic E-state index is 12.0. The lowest BCUT2D eigenvalue weighted by atomic mass is 9.81. The Labute approximate surface area is 198 Å². The molecule has 0 aliphatic carbocycles. The van der Waals surface area contributed by atoms with Crippen molar-refractivity contribution in [3.63, 3.8) is 0 Å². The van der Waals surface area contributed by atoms with E-state index < -0.39 is 12.1 Å². The van der Waals surface area contributed by atoms with Gasteiger partial charge in [0.25, 0.3) is 0 Å². The Morgan fingerprint density at radius 2 is 2.21 bits per heavy atom. The molecular formula is C26H32N2O4S. The maximum atomic E-state index is 12.0. The van der Waals surface area contributed by atoms with Gasteiger partial charge in [-0.05, 0) is 92.4 Å². The maximum Gasteiger partial charge on any atom is 0.308 e. The highest BCUT2D eigenvalue weighted by Gasteiger charge is 2.34. The molecule has 3 heterocycles. The molecule has 3 atom stereocenters. The quantitative estimate of drug-likeness (QED) is 0.446. The molecule has 1 aliphatic rings. The number of thiophene rings is 1. The van der Waals surface area contributed by atoms with Gasteiger partial charge in [0.05, 0.1) is 24.6 Å². The molecule has 1 aliphatic heterocycles. The van der Waals surface area contributed by atoms with E-state index in [-0.39, 0.29) is 11.8 Å². The number of likely N-dealkylation sites (tertiary alicyclic amines) is 1. The molecule has 0 saturated carbocycles. The van der Waals surface area contributed by atoms with Gasteiger partial charge < -0.3 is 19.8 Å². The molecule has 6 nitrogen and oxygen atoms in total. The highest BCUT2D eigenvalue weighted by molar-refractivity contribution is 7.09. The second-order valence-electron chi connectivity index (χ2n) is 8.85. The predicted molar refractivity (Wildman–Crippen MR) is 131 cm³/mol. The molecule has 4 rings (SSSR count). The lowest BCUT2D eigenvalue weighted by molar-refractivity contribution is -0.146. The number of rotatable bonds is 10. The van der Waals surface area contributed by atoms with Gasteiger partial charge in [-0.3, -0.25) is 9.78 Å². The summed E-state index contributed by atoms with van der Waals surface area (Å²) in [6.07, 6.45) is 5.22. The number of carboxylic acids is 1. The Bertz CT molecular complexity index is 1060. The van der Waals surface area contributed by atoms with Gasteiger partial charge in [0, 0.05) is 23.0 Å². The van der Waals surface area contributed by atoms with Crippen molar-refractivity contribution in [1.29, 1.82) is 0 Å². The van der Waals surface area contributed by atoms with Gasteiger partial charge in [0.2, 0.25) is 0 Å². The second kappa shape index (κ2) is 11.1. The molecular weight excluding hydrogens is 436 g/mol. The Balaban J connectivity index is 1.34. The number of fused-ring (bicyclic) bond motifs is 1. The van der Waals surface area contributed by atoms with E-state index in [4.69, 9.17) is 4.74 Å². The molecule has 0 amide bonds. The fourth-order valence-corrected chi connectivity index (χ4v) is 5.67. The largest absolute Gasteiger partial charge is 0.497 e. The van der Waals surface area contributed by atoms with Crippen molar-refractivity contribution in [2.24, 2.45) is 11.8 Å². The van der Waals surface area contributed by atoms with Crippen LogP contribution in [0.2, 0.25) is 0 Å². The molecule has 1 fully saturated rings. The van der Waals surface area contributed by atoms with E-state index in [9.17, 15) is 15.0 Å². The van der Waals surface area contributed by atoms with Crippen molar-refractivity contribution in [1.82, 2.24) is 9.88 Å². The minimum Gasteiger partial charge on any atom is -0.497 e. The number of hydrogen-bond acceptors (Lipinski definition) is 6. The highest BCUT2D eigenvalue weighted by Crippen LogP contribution is 2.33. The summed E-state index contributed by atoms with van der Waals surface area (Å²) < 4.78 is 5.33. The van der Waals surface area contributed by atoms with Crippen LogP contribution in [0.25, 0.3) is 10.9 Å². The Morgan fingerprint density at radius 1 is 1.33 bits per heavy atom. The molecule has 3 aromatic rings. The molecule has 1 aromatic carbocycles. The number of hydrogen-bond donors (Lipinski definition) is 2. The summed E-state index contributed by atoms with van der Waals surface area (Å²) in [5, 5.41) is 23.8. The van der Waals surface area contributed by atoms with Gasteiger partial charge in [-0.15, -0.1) is 11.3 Å². The van der Waals surface area contributed by atoms with Gasteiger partial charge in [0.1, 0.15) is 5.75 Å². The molecule has 7 heteroatoms. The third-order valence-corrected chi connectivity index (χ3v) is 7.72.